The maximum absolute atomic E-state index is 9.15. The monoisotopic (exact) mass is 232 g/mol. The van der Waals surface area contributed by atoms with Crippen LogP contribution in [0.25, 0.3) is 0 Å². The van der Waals surface area contributed by atoms with Gasteiger partial charge in [-0.05, 0) is 40.5 Å². The van der Waals surface area contributed by atoms with Crippen molar-refractivity contribution in [2.45, 2.75) is 13.0 Å². The highest BCUT2D eigenvalue weighted by molar-refractivity contribution is 9.10. The average molecular weight is 233 g/mol. The third kappa shape index (κ3) is 1.70. The van der Waals surface area contributed by atoms with Gasteiger partial charge in [-0.1, -0.05) is 0 Å². The molecule has 0 aliphatic heterocycles. The standard InChI is InChI=1S/C8H9BrO3/c1-4(10)5-2-6(9)8(12)7(11)3-5/h2-4,10-12H,1H3. The number of halogens is 1. The van der Waals surface area contributed by atoms with Gasteiger partial charge in [0, 0.05) is 0 Å². The number of phenolic OH excluding ortho intramolecular Hbond substituents is 2. The minimum Gasteiger partial charge on any atom is -0.504 e. The van der Waals surface area contributed by atoms with E-state index in [1.54, 1.807) is 13.0 Å². The van der Waals surface area contributed by atoms with Crippen molar-refractivity contribution in [1.29, 1.82) is 0 Å². The first-order valence-corrected chi connectivity index (χ1v) is 4.21. The molecule has 12 heavy (non-hydrogen) atoms. The number of aliphatic hydroxyl groups is 1. The van der Waals surface area contributed by atoms with Crippen LogP contribution in [0.3, 0.4) is 0 Å². The molecule has 1 rings (SSSR count). The molecule has 66 valence electrons. The van der Waals surface area contributed by atoms with Crippen molar-refractivity contribution in [2.75, 3.05) is 0 Å². The van der Waals surface area contributed by atoms with Crippen molar-refractivity contribution < 1.29 is 15.3 Å². The molecular weight excluding hydrogens is 224 g/mol. The summed E-state index contributed by atoms with van der Waals surface area (Å²) in [6, 6.07) is 2.88. The average Bonchev–Trinajstić information content (AvgIpc) is 1.99. The molecule has 1 atom stereocenters. The van der Waals surface area contributed by atoms with Crippen LogP contribution in [-0.2, 0) is 0 Å². The molecule has 0 aliphatic carbocycles. The number of aliphatic hydroxyl groups excluding tert-OH is 1. The highest BCUT2D eigenvalue weighted by atomic mass is 79.9. The Morgan fingerprint density at radius 1 is 1.33 bits per heavy atom. The predicted octanol–water partition coefficient (Wildman–Crippen LogP) is 1.91. The summed E-state index contributed by atoms with van der Waals surface area (Å²) in [4.78, 5) is 0. The van der Waals surface area contributed by atoms with E-state index < -0.39 is 6.10 Å². The maximum Gasteiger partial charge on any atom is 0.171 e. The summed E-state index contributed by atoms with van der Waals surface area (Å²) in [5, 5.41) is 27.4. The molecule has 0 bridgehead atoms. The van der Waals surface area contributed by atoms with Crippen LogP contribution in [0.1, 0.15) is 18.6 Å². The second-order valence-electron chi connectivity index (χ2n) is 2.55. The van der Waals surface area contributed by atoms with Gasteiger partial charge < -0.3 is 15.3 Å². The summed E-state index contributed by atoms with van der Waals surface area (Å²) >= 11 is 3.04. The van der Waals surface area contributed by atoms with E-state index >= 15 is 0 Å². The summed E-state index contributed by atoms with van der Waals surface area (Å²) in [7, 11) is 0. The van der Waals surface area contributed by atoms with Crippen LogP contribution in [0.15, 0.2) is 16.6 Å². The molecule has 0 saturated heterocycles. The number of phenols is 2. The van der Waals surface area contributed by atoms with E-state index in [-0.39, 0.29) is 11.5 Å². The molecule has 0 amide bonds. The minimum absolute atomic E-state index is 0.209. The largest absolute Gasteiger partial charge is 0.504 e. The van der Waals surface area contributed by atoms with Gasteiger partial charge in [-0.3, -0.25) is 0 Å². The molecule has 0 fully saturated rings. The Balaban J connectivity index is 3.21. The van der Waals surface area contributed by atoms with E-state index in [0.29, 0.717) is 10.0 Å². The maximum atomic E-state index is 9.15. The fourth-order valence-corrected chi connectivity index (χ4v) is 1.31. The second-order valence-corrected chi connectivity index (χ2v) is 3.40. The van der Waals surface area contributed by atoms with E-state index in [0.717, 1.165) is 0 Å². The molecule has 0 heterocycles. The van der Waals surface area contributed by atoms with E-state index in [9.17, 15) is 0 Å². The zero-order valence-electron chi connectivity index (χ0n) is 6.45. The Hall–Kier alpha value is -0.740. The van der Waals surface area contributed by atoms with Crippen molar-refractivity contribution in [1.82, 2.24) is 0 Å². The Morgan fingerprint density at radius 2 is 1.92 bits per heavy atom. The summed E-state index contributed by atoms with van der Waals surface area (Å²) in [6.07, 6.45) is -0.659. The number of hydrogen-bond acceptors (Lipinski definition) is 3. The van der Waals surface area contributed by atoms with Gasteiger partial charge in [0.2, 0.25) is 0 Å². The number of aromatic hydroxyl groups is 2. The van der Waals surface area contributed by atoms with Crippen LogP contribution in [0.4, 0.5) is 0 Å². The molecule has 4 heteroatoms. The first-order valence-electron chi connectivity index (χ1n) is 3.42. The quantitative estimate of drug-likeness (QED) is 0.649. The molecular formula is C8H9BrO3. The Labute approximate surface area is 78.4 Å². The molecule has 1 aromatic rings. The highest BCUT2D eigenvalue weighted by Gasteiger charge is 2.09. The molecule has 3 N–H and O–H groups in total. The Morgan fingerprint density at radius 3 is 2.33 bits per heavy atom. The topological polar surface area (TPSA) is 60.7 Å². The first-order chi connectivity index (χ1) is 5.52. The third-order valence-corrected chi connectivity index (χ3v) is 2.15. The van der Waals surface area contributed by atoms with Gasteiger partial charge in [0.1, 0.15) is 0 Å². The van der Waals surface area contributed by atoms with E-state index in [1.165, 1.54) is 6.07 Å². The van der Waals surface area contributed by atoms with Gasteiger partial charge in [0.05, 0.1) is 10.6 Å². The van der Waals surface area contributed by atoms with Crippen LogP contribution in [0.5, 0.6) is 11.5 Å². The summed E-state index contributed by atoms with van der Waals surface area (Å²) in [5.74, 6) is -0.445. The summed E-state index contributed by atoms with van der Waals surface area (Å²) in [5.41, 5.74) is 0.553. The second kappa shape index (κ2) is 3.33. The molecule has 3 nitrogen and oxygen atoms in total. The van der Waals surface area contributed by atoms with Crippen LogP contribution >= 0.6 is 15.9 Å². The molecule has 1 unspecified atom stereocenters. The van der Waals surface area contributed by atoms with Gasteiger partial charge in [-0.25, -0.2) is 0 Å². The van der Waals surface area contributed by atoms with Crippen LogP contribution in [-0.4, -0.2) is 15.3 Å². The lowest BCUT2D eigenvalue weighted by atomic mass is 10.1. The van der Waals surface area contributed by atoms with Crippen molar-refractivity contribution >= 4 is 15.9 Å². The van der Waals surface area contributed by atoms with Crippen molar-refractivity contribution in [3.8, 4) is 11.5 Å². The zero-order valence-corrected chi connectivity index (χ0v) is 8.04. The fourth-order valence-electron chi connectivity index (χ4n) is 0.846. The third-order valence-electron chi connectivity index (χ3n) is 1.55. The molecule has 0 spiro atoms. The van der Waals surface area contributed by atoms with Crippen LogP contribution < -0.4 is 0 Å². The van der Waals surface area contributed by atoms with Crippen molar-refractivity contribution in [3.63, 3.8) is 0 Å². The van der Waals surface area contributed by atoms with Crippen LogP contribution in [0, 0.1) is 0 Å². The van der Waals surface area contributed by atoms with E-state index in [1.807, 2.05) is 0 Å². The lowest BCUT2D eigenvalue weighted by Gasteiger charge is -2.07. The normalized spacial score (nSPS) is 12.9. The van der Waals surface area contributed by atoms with Gasteiger partial charge in [0.15, 0.2) is 11.5 Å². The lowest BCUT2D eigenvalue weighted by Crippen LogP contribution is -1.90. The van der Waals surface area contributed by atoms with Crippen molar-refractivity contribution in [2.24, 2.45) is 0 Å². The van der Waals surface area contributed by atoms with Gasteiger partial charge in [-0.15, -0.1) is 0 Å². The first kappa shape index (κ1) is 9.35. The highest BCUT2D eigenvalue weighted by Crippen LogP contribution is 2.35. The molecule has 0 aromatic heterocycles. The number of benzene rings is 1. The molecule has 1 aromatic carbocycles. The SMILES string of the molecule is CC(O)c1cc(O)c(O)c(Br)c1. The number of hydrogen-bond donors (Lipinski definition) is 3. The minimum atomic E-state index is -0.659. The van der Waals surface area contributed by atoms with Gasteiger partial charge in [0.25, 0.3) is 0 Å². The number of rotatable bonds is 1. The van der Waals surface area contributed by atoms with E-state index in [4.69, 9.17) is 15.3 Å². The van der Waals surface area contributed by atoms with Crippen molar-refractivity contribution in [3.05, 3.63) is 22.2 Å². The van der Waals surface area contributed by atoms with Crippen LogP contribution in [0.2, 0.25) is 0 Å². The van der Waals surface area contributed by atoms with E-state index in [2.05, 4.69) is 15.9 Å². The van der Waals surface area contributed by atoms with Gasteiger partial charge >= 0.3 is 0 Å². The smallest absolute Gasteiger partial charge is 0.171 e. The lowest BCUT2D eigenvalue weighted by molar-refractivity contribution is 0.198. The molecule has 0 aliphatic rings. The zero-order chi connectivity index (χ0) is 9.30. The fraction of sp³-hybridized carbons (Fsp3) is 0.250. The molecule has 0 radical (unpaired) electrons. The Bertz CT molecular complexity index is 273. The Kier molecular flexibility index (Phi) is 2.59. The summed E-state index contributed by atoms with van der Waals surface area (Å²) < 4.78 is 0.374. The summed E-state index contributed by atoms with van der Waals surface area (Å²) in [6.45, 7) is 1.58. The van der Waals surface area contributed by atoms with Gasteiger partial charge in [-0.2, -0.15) is 0 Å². The predicted molar refractivity (Wildman–Crippen MR) is 48.1 cm³/mol. The molecule has 0 saturated carbocycles.